The molecular formula is C61H46O2. The number of rotatable bonds is 2. The van der Waals surface area contributed by atoms with Gasteiger partial charge in [0.15, 0.2) is 0 Å². The van der Waals surface area contributed by atoms with Gasteiger partial charge in [0.05, 0.1) is 5.41 Å². The second-order valence-corrected chi connectivity index (χ2v) is 20.0. The maximum atomic E-state index is 6.80. The van der Waals surface area contributed by atoms with Crippen LogP contribution in [0.1, 0.15) is 74.9 Å². The lowest BCUT2D eigenvalue weighted by atomic mass is 9.68. The van der Waals surface area contributed by atoms with Gasteiger partial charge in [-0.1, -0.05) is 175 Å². The summed E-state index contributed by atoms with van der Waals surface area (Å²) < 4.78 is 13.1. The Bertz CT molecular complexity index is 3560. The molecule has 2 nitrogen and oxygen atoms in total. The summed E-state index contributed by atoms with van der Waals surface area (Å²) in [6.45, 7) is 14.0. The van der Waals surface area contributed by atoms with Crippen molar-refractivity contribution in [3.8, 4) is 67.1 Å². The summed E-state index contributed by atoms with van der Waals surface area (Å²) in [6, 6.07) is 63.5. The van der Waals surface area contributed by atoms with Gasteiger partial charge in [-0.05, 0) is 136 Å². The minimum atomic E-state index is -0.469. The van der Waals surface area contributed by atoms with Gasteiger partial charge in [-0.25, -0.2) is 0 Å². The van der Waals surface area contributed by atoms with Gasteiger partial charge in [-0.2, -0.15) is 0 Å². The van der Waals surface area contributed by atoms with E-state index in [9.17, 15) is 0 Å². The largest absolute Gasteiger partial charge is 0.456 e. The zero-order chi connectivity index (χ0) is 42.6. The molecule has 63 heavy (non-hydrogen) atoms. The molecular weight excluding hydrogens is 765 g/mol. The summed E-state index contributed by atoms with van der Waals surface area (Å²) in [7, 11) is 0. The molecule has 1 spiro atoms. The van der Waals surface area contributed by atoms with Crippen LogP contribution in [0.2, 0.25) is 0 Å². The van der Waals surface area contributed by atoms with Crippen molar-refractivity contribution in [2.24, 2.45) is 0 Å². The summed E-state index contributed by atoms with van der Waals surface area (Å²) in [5, 5.41) is 4.60. The van der Waals surface area contributed by atoms with E-state index in [0.717, 1.165) is 55.5 Å². The molecule has 2 aliphatic carbocycles. The molecule has 3 aliphatic rings. The molecule has 0 saturated heterocycles. The minimum absolute atomic E-state index is 0.00383. The molecule has 0 saturated carbocycles. The number of hydrogen-bond acceptors (Lipinski definition) is 2. The third-order valence-electron chi connectivity index (χ3n) is 14.4. The molecule has 9 aromatic carbocycles. The van der Waals surface area contributed by atoms with E-state index in [-0.39, 0.29) is 10.8 Å². The molecule has 2 heteroatoms. The molecule has 0 radical (unpaired) electrons. The Kier molecular flexibility index (Phi) is 7.23. The topological polar surface area (TPSA) is 22.4 Å². The van der Waals surface area contributed by atoms with Gasteiger partial charge in [-0.15, -0.1) is 0 Å². The normalized spacial score (nSPS) is 14.1. The average molecular weight is 811 g/mol. The Hall–Kier alpha value is -7.16. The molecule has 0 N–H and O–H groups in total. The molecule has 1 aromatic heterocycles. The number of furan rings is 1. The van der Waals surface area contributed by atoms with Crippen molar-refractivity contribution >= 4 is 32.7 Å². The van der Waals surface area contributed by atoms with Crippen LogP contribution in [0.3, 0.4) is 0 Å². The summed E-state index contributed by atoms with van der Waals surface area (Å²) in [5.74, 6) is 1.76. The fraction of sp³-hybridized carbons (Fsp3) is 0.148. The highest BCUT2D eigenvalue weighted by Crippen LogP contribution is 2.64. The van der Waals surface area contributed by atoms with Gasteiger partial charge in [0, 0.05) is 21.7 Å². The highest BCUT2D eigenvalue weighted by atomic mass is 16.5. The van der Waals surface area contributed by atoms with Crippen molar-refractivity contribution in [2.45, 2.75) is 57.8 Å². The first-order chi connectivity index (χ1) is 30.5. The molecule has 302 valence electrons. The van der Waals surface area contributed by atoms with Crippen molar-refractivity contribution in [2.75, 3.05) is 0 Å². The molecule has 10 aromatic rings. The molecule has 0 amide bonds. The van der Waals surface area contributed by atoms with Crippen LogP contribution in [0, 0.1) is 0 Å². The van der Waals surface area contributed by atoms with E-state index in [1.165, 1.54) is 77.7 Å². The predicted octanol–water partition coefficient (Wildman–Crippen LogP) is 16.8. The van der Waals surface area contributed by atoms with Crippen LogP contribution < -0.4 is 4.74 Å². The Balaban J connectivity index is 1.02. The van der Waals surface area contributed by atoms with Crippen LogP contribution >= 0.6 is 0 Å². The fourth-order valence-corrected chi connectivity index (χ4v) is 11.4. The fourth-order valence-electron chi connectivity index (χ4n) is 11.4. The van der Waals surface area contributed by atoms with Gasteiger partial charge in [-0.3, -0.25) is 0 Å². The standard InChI is InChI=1S/C61H46O2/c1-59(2,3)37-23-26-43-44-27-24-38(60(4,5)6)34-52(44)61(51(43)33-37)49-18-9-7-13-41(49)42-25-21-36(32-50(42)61)39-28-30-56-58-45(39)16-11-17-46(58)48-31-35(22-29-54(48)63-56)40-15-12-20-55-57(40)47-14-8-10-19-53(47)62-55/h7-34H,1-6H3. The third-order valence-corrected chi connectivity index (χ3v) is 14.4. The van der Waals surface area contributed by atoms with Crippen LogP contribution in [0.5, 0.6) is 11.5 Å². The monoisotopic (exact) mass is 810 g/mol. The predicted molar refractivity (Wildman–Crippen MR) is 261 cm³/mol. The molecule has 0 fully saturated rings. The van der Waals surface area contributed by atoms with Crippen molar-refractivity contribution < 1.29 is 9.15 Å². The first-order valence-corrected chi connectivity index (χ1v) is 22.3. The first kappa shape index (κ1) is 36.5. The second-order valence-electron chi connectivity index (χ2n) is 20.0. The van der Waals surface area contributed by atoms with Crippen molar-refractivity contribution in [3.63, 3.8) is 0 Å². The van der Waals surface area contributed by atoms with Crippen molar-refractivity contribution in [1.29, 1.82) is 0 Å². The number of hydrogen-bond donors (Lipinski definition) is 0. The summed E-state index contributed by atoms with van der Waals surface area (Å²) >= 11 is 0. The lowest BCUT2D eigenvalue weighted by Crippen LogP contribution is -2.27. The minimum Gasteiger partial charge on any atom is -0.456 e. The Labute approximate surface area is 368 Å². The summed E-state index contributed by atoms with van der Waals surface area (Å²) in [4.78, 5) is 0. The average Bonchev–Trinajstić information content (AvgIpc) is 3.92. The van der Waals surface area contributed by atoms with E-state index < -0.39 is 5.41 Å². The van der Waals surface area contributed by atoms with Gasteiger partial charge in [0.2, 0.25) is 0 Å². The highest BCUT2D eigenvalue weighted by Gasteiger charge is 2.52. The number of benzene rings is 9. The number of ether oxygens (including phenoxy) is 1. The number of para-hydroxylation sites is 1. The molecule has 0 bridgehead atoms. The molecule has 1 aliphatic heterocycles. The van der Waals surface area contributed by atoms with E-state index in [1.54, 1.807) is 0 Å². The molecule has 13 rings (SSSR count). The van der Waals surface area contributed by atoms with Crippen LogP contribution in [-0.4, -0.2) is 0 Å². The van der Waals surface area contributed by atoms with Crippen LogP contribution in [0.15, 0.2) is 174 Å². The third kappa shape index (κ3) is 4.95. The van der Waals surface area contributed by atoms with Gasteiger partial charge >= 0.3 is 0 Å². The van der Waals surface area contributed by atoms with Gasteiger partial charge in [0.25, 0.3) is 0 Å². The van der Waals surface area contributed by atoms with E-state index >= 15 is 0 Å². The quantitative estimate of drug-likeness (QED) is 0.174. The zero-order valence-electron chi connectivity index (χ0n) is 36.5. The van der Waals surface area contributed by atoms with Crippen LogP contribution in [0.4, 0.5) is 0 Å². The highest BCUT2D eigenvalue weighted by molar-refractivity contribution is 6.14. The zero-order valence-corrected chi connectivity index (χ0v) is 36.5. The molecule has 0 unspecified atom stereocenters. The van der Waals surface area contributed by atoms with Crippen LogP contribution in [0.25, 0.3) is 88.3 Å². The second kappa shape index (κ2) is 12.5. The Morgan fingerprint density at radius 1 is 0.349 bits per heavy atom. The smallest absolute Gasteiger partial charge is 0.136 e. The SMILES string of the molecule is CC(C)(C)c1ccc2c(c1)C1(c3ccccc3-c3ccc(-c4ccc5c6c(cccc46)-c4cc(-c6cccc7oc8ccccc8c67)ccc4O5)cc31)c1cc(C(C)(C)C)ccc1-2. The van der Waals surface area contributed by atoms with E-state index in [2.05, 4.69) is 199 Å². The van der Waals surface area contributed by atoms with Crippen LogP contribution in [-0.2, 0) is 16.2 Å². The van der Waals surface area contributed by atoms with Crippen molar-refractivity contribution in [3.05, 3.63) is 203 Å². The van der Waals surface area contributed by atoms with E-state index in [4.69, 9.17) is 9.15 Å². The van der Waals surface area contributed by atoms with Gasteiger partial charge < -0.3 is 9.15 Å². The molecule has 0 atom stereocenters. The maximum absolute atomic E-state index is 6.80. The maximum Gasteiger partial charge on any atom is 0.136 e. The van der Waals surface area contributed by atoms with Crippen molar-refractivity contribution in [1.82, 2.24) is 0 Å². The lowest BCUT2D eigenvalue weighted by molar-refractivity contribution is 0.487. The Morgan fingerprint density at radius 2 is 0.889 bits per heavy atom. The molecule has 2 heterocycles. The number of fused-ring (bicyclic) bond motifs is 15. The first-order valence-electron chi connectivity index (χ1n) is 22.3. The lowest BCUT2D eigenvalue weighted by Gasteiger charge is -2.33. The van der Waals surface area contributed by atoms with E-state index in [1.807, 2.05) is 12.1 Å². The van der Waals surface area contributed by atoms with Gasteiger partial charge in [0.1, 0.15) is 22.7 Å². The summed E-state index contributed by atoms with van der Waals surface area (Å²) in [6.07, 6.45) is 0. The van der Waals surface area contributed by atoms with E-state index in [0.29, 0.717) is 0 Å². The summed E-state index contributed by atoms with van der Waals surface area (Å²) in [5.41, 5.74) is 21.8. The Morgan fingerprint density at radius 3 is 1.65 bits per heavy atom.